The highest BCUT2D eigenvalue weighted by atomic mass is 35.5. The third kappa shape index (κ3) is 2.18. The lowest BCUT2D eigenvalue weighted by Crippen LogP contribution is -1.85. The molecule has 0 nitrogen and oxygen atoms in total. The normalized spacial score (nSPS) is 10.5. The second kappa shape index (κ2) is 4.40. The van der Waals surface area contributed by atoms with Gasteiger partial charge in [0.2, 0.25) is 0 Å². The first-order valence-corrected chi connectivity index (χ1v) is 5.24. The summed E-state index contributed by atoms with van der Waals surface area (Å²) >= 11 is 11.5. The molecule has 0 aromatic heterocycles. The highest BCUT2D eigenvalue weighted by Gasteiger charge is 2.10. The Labute approximate surface area is 101 Å². The van der Waals surface area contributed by atoms with Crippen LogP contribution in [-0.2, 0) is 0 Å². The molecule has 82 valence electrons. The number of hydrogen-bond donors (Lipinski definition) is 0. The molecule has 2 aromatic carbocycles. The first kappa shape index (κ1) is 11.4. The lowest BCUT2D eigenvalue weighted by atomic mass is 10.1. The highest BCUT2D eigenvalue weighted by Crippen LogP contribution is 2.33. The molecule has 0 unspecified atom stereocenters. The molecule has 0 bridgehead atoms. The Morgan fingerprint density at radius 2 is 1.69 bits per heavy atom. The summed E-state index contributed by atoms with van der Waals surface area (Å²) in [5.41, 5.74) is 0.873. The molecule has 0 saturated heterocycles. The summed E-state index contributed by atoms with van der Waals surface area (Å²) in [7, 11) is 0. The van der Waals surface area contributed by atoms with Crippen molar-refractivity contribution in [3.63, 3.8) is 0 Å². The average molecular weight is 259 g/mol. The van der Waals surface area contributed by atoms with Crippen molar-refractivity contribution >= 4 is 23.2 Å². The van der Waals surface area contributed by atoms with E-state index in [2.05, 4.69) is 0 Å². The standard InChI is InChI=1S/C12H6Cl2F2/c13-8-5-10(12(14)11(16)6-8)7-2-1-3-9(15)4-7/h1-6H. The van der Waals surface area contributed by atoms with Gasteiger partial charge in [0.25, 0.3) is 0 Å². The number of benzene rings is 2. The maximum Gasteiger partial charge on any atom is 0.143 e. The first-order chi connectivity index (χ1) is 7.58. The highest BCUT2D eigenvalue weighted by molar-refractivity contribution is 6.35. The van der Waals surface area contributed by atoms with Gasteiger partial charge in [-0.3, -0.25) is 0 Å². The molecule has 0 heterocycles. The van der Waals surface area contributed by atoms with E-state index in [0.29, 0.717) is 11.1 Å². The fourth-order valence-electron chi connectivity index (χ4n) is 1.42. The van der Waals surface area contributed by atoms with Crippen molar-refractivity contribution in [3.05, 3.63) is 58.1 Å². The van der Waals surface area contributed by atoms with E-state index in [1.54, 1.807) is 6.07 Å². The van der Waals surface area contributed by atoms with Gasteiger partial charge in [-0.05, 0) is 29.8 Å². The van der Waals surface area contributed by atoms with Gasteiger partial charge >= 0.3 is 0 Å². The summed E-state index contributed by atoms with van der Waals surface area (Å²) in [6, 6.07) is 8.36. The zero-order valence-electron chi connectivity index (χ0n) is 7.98. The summed E-state index contributed by atoms with van der Waals surface area (Å²) in [5, 5.41) is 0.163. The van der Waals surface area contributed by atoms with Crippen LogP contribution in [0.15, 0.2) is 36.4 Å². The van der Waals surface area contributed by atoms with E-state index in [0.717, 1.165) is 6.07 Å². The van der Waals surface area contributed by atoms with Crippen molar-refractivity contribution in [2.45, 2.75) is 0 Å². The van der Waals surface area contributed by atoms with Crippen LogP contribution in [0.2, 0.25) is 10.0 Å². The lowest BCUT2D eigenvalue weighted by Gasteiger charge is -2.06. The smallest absolute Gasteiger partial charge is 0.143 e. The van der Waals surface area contributed by atoms with Gasteiger partial charge in [-0.2, -0.15) is 0 Å². The van der Waals surface area contributed by atoms with Crippen LogP contribution in [0, 0.1) is 11.6 Å². The largest absolute Gasteiger partial charge is 0.207 e. The SMILES string of the molecule is Fc1cccc(-c2cc(Cl)cc(F)c2Cl)c1. The molecule has 0 amide bonds. The Bertz CT molecular complexity index is 539. The Balaban J connectivity index is 2.64. The molecule has 0 aliphatic heterocycles. The third-order valence-electron chi connectivity index (χ3n) is 2.13. The topological polar surface area (TPSA) is 0 Å². The van der Waals surface area contributed by atoms with Gasteiger partial charge in [0, 0.05) is 10.6 Å². The van der Waals surface area contributed by atoms with Crippen LogP contribution in [-0.4, -0.2) is 0 Å². The maximum absolute atomic E-state index is 13.3. The molecular weight excluding hydrogens is 253 g/mol. The zero-order valence-corrected chi connectivity index (χ0v) is 9.49. The van der Waals surface area contributed by atoms with Crippen molar-refractivity contribution in [1.29, 1.82) is 0 Å². The number of rotatable bonds is 1. The van der Waals surface area contributed by atoms with Crippen LogP contribution in [0.3, 0.4) is 0 Å². The van der Waals surface area contributed by atoms with Crippen LogP contribution in [0.25, 0.3) is 11.1 Å². The second-order valence-corrected chi connectivity index (χ2v) is 4.07. The maximum atomic E-state index is 13.3. The zero-order chi connectivity index (χ0) is 11.7. The summed E-state index contributed by atoms with van der Waals surface area (Å²) < 4.78 is 26.3. The van der Waals surface area contributed by atoms with Crippen molar-refractivity contribution in [3.8, 4) is 11.1 Å². The van der Waals surface area contributed by atoms with Crippen molar-refractivity contribution < 1.29 is 8.78 Å². The van der Waals surface area contributed by atoms with Gasteiger partial charge < -0.3 is 0 Å². The van der Waals surface area contributed by atoms with Gasteiger partial charge in [-0.25, -0.2) is 8.78 Å². The fourth-order valence-corrected chi connectivity index (χ4v) is 1.85. The Hall–Kier alpha value is -1.12. The van der Waals surface area contributed by atoms with Gasteiger partial charge in [-0.15, -0.1) is 0 Å². The molecule has 0 aliphatic carbocycles. The van der Waals surface area contributed by atoms with Gasteiger partial charge in [0.1, 0.15) is 11.6 Å². The molecule has 0 spiro atoms. The monoisotopic (exact) mass is 258 g/mol. The quantitative estimate of drug-likeness (QED) is 0.636. The molecular formula is C12H6Cl2F2. The number of halogens is 4. The molecule has 0 N–H and O–H groups in total. The van der Waals surface area contributed by atoms with E-state index >= 15 is 0 Å². The van der Waals surface area contributed by atoms with E-state index in [1.807, 2.05) is 0 Å². The van der Waals surface area contributed by atoms with Gasteiger partial charge in [0.05, 0.1) is 5.02 Å². The molecule has 4 heteroatoms. The predicted octanol–water partition coefficient (Wildman–Crippen LogP) is 4.94. The van der Waals surface area contributed by atoms with E-state index in [1.165, 1.54) is 24.3 Å². The second-order valence-electron chi connectivity index (χ2n) is 3.26. The Kier molecular flexibility index (Phi) is 3.13. The van der Waals surface area contributed by atoms with Crippen LogP contribution in [0.4, 0.5) is 8.78 Å². The van der Waals surface area contributed by atoms with Crippen molar-refractivity contribution in [2.75, 3.05) is 0 Å². The minimum atomic E-state index is -0.617. The molecule has 0 fully saturated rings. The van der Waals surface area contributed by atoms with Crippen LogP contribution in [0.5, 0.6) is 0 Å². The van der Waals surface area contributed by atoms with E-state index < -0.39 is 11.6 Å². The third-order valence-corrected chi connectivity index (χ3v) is 2.73. The molecule has 16 heavy (non-hydrogen) atoms. The summed E-state index contributed by atoms with van der Waals surface area (Å²) in [4.78, 5) is 0. The molecule has 2 rings (SSSR count). The molecule has 0 radical (unpaired) electrons. The minimum Gasteiger partial charge on any atom is -0.207 e. The van der Waals surface area contributed by atoms with Gasteiger partial charge in [0.15, 0.2) is 0 Å². The fraction of sp³-hybridized carbons (Fsp3) is 0. The van der Waals surface area contributed by atoms with Crippen molar-refractivity contribution in [1.82, 2.24) is 0 Å². The molecule has 0 atom stereocenters. The summed E-state index contributed by atoms with van der Waals surface area (Å²) in [6.07, 6.45) is 0. The summed E-state index contributed by atoms with van der Waals surface area (Å²) in [6.45, 7) is 0. The van der Waals surface area contributed by atoms with E-state index in [-0.39, 0.29) is 10.0 Å². The Morgan fingerprint density at radius 1 is 0.938 bits per heavy atom. The van der Waals surface area contributed by atoms with E-state index in [4.69, 9.17) is 23.2 Å². The van der Waals surface area contributed by atoms with Crippen LogP contribution >= 0.6 is 23.2 Å². The first-order valence-electron chi connectivity index (χ1n) is 4.48. The average Bonchev–Trinajstić information content (AvgIpc) is 2.23. The molecule has 0 saturated carbocycles. The van der Waals surface area contributed by atoms with Crippen LogP contribution < -0.4 is 0 Å². The van der Waals surface area contributed by atoms with Gasteiger partial charge in [-0.1, -0.05) is 35.3 Å². The predicted molar refractivity (Wildman–Crippen MR) is 61.8 cm³/mol. The summed E-state index contributed by atoms with van der Waals surface area (Å²) in [5.74, 6) is -1.03. The van der Waals surface area contributed by atoms with E-state index in [9.17, 15) is 8.78 Å². The Morgan fingerprint density at radius 3 is 2.38 bits per heavy atom. The number of hydrogen-bond acceptors (Lipinski definition) is 0. The molecule has 0 aliphatic rings. The minimum absolute atomic E-state index is 0.0602. The lowest BCUT2D eigenvalue weighted by molar-refractivity contribution is 0.626. The van der Waals surface area contributed by atoms with Crippen LogP contribution in [0.1, 0.15) is 0 Å². The molecule has 2 aromatic rings. The van der Waals surface area contributed by atoms with Crippen molar-refractivity contribution in [2.24, 2.45) is 0 Å².